The zero-order chi connectivity index (χ0) is 23.0. The molecule has 0 aliphatic heterocycles. The lowest BCUT2D eigenvalue weighted by Crippen LogP contribution is -2.33. The van der Waals surface area contributed by atoms with Crippen molar-refractivity contribution in [2.24, 2.45) is 11.3 Å². The van der Waals surface area contributed by atoms with Crippen molar-refractivity contribution in [3.05, 3.63) is 82.7 Å². The van der Waals surface area contributed by atoms with E-state index in [-0.39, 0.29) is 6.61 Å². The Kier molecular flexibility index (Phi) is 5.42. The SMILES string of the molecule is CCOC(=O)C1C(C2=C(c3ccccc3)C2(C(=O)OC)C(=O)OC)=C1c1ccc(F)cc1. The van der Waals surface area contributed by atoms with Gasteiger partial charge in [0.25, 0.3) is 0 Å². The van der Waals surface area contributed by atoms with Gasteiger partial charge in [-0.3, -0.25) is 14.4 Å². The van der Waals surface area contributed by atoms with Crippen LogP contribution < -0.4 is 0 Å². The van der Waals surface area contributed by atoms with Crippen LogP contribution in [0.3, 0.4) is 0 Å². The molecule has 0 aromatic heterocycles. The van der Waals surface area contributed by atoms with E-state index in [1.807, 2.05) is 6.07 Å². The minimum absolute atomic E-state index is 0.170. The van der Waals surface area contributed by atoms with Gasteiger partial charge in [-0.2, -0.15) is 0 Å². The second-order valence-corrected chi connectivity index (χ2v) is 7.37. The molecule has 7 heteroatoms. The summed E-state index contributed by atoms with van der Waals surface area (Å²) in [4.78, 5) is 38.7. The monoisotopic (exact) mass is 436 g/mol. The van der Waals surface area contributed by atoms with Crippen LogP contribution in [0.4, 0.5) is 4.39 Å². The van der Waals surface area contributed by atoms with Gasteiger partial charge in [0.15, 0.2) is 0 Å². The topological polar surface area (TPSA) is 78.9 Å². The van der Waals surface area contributed by atoms with Gasteiger partial charge in [-0.25, -0.2) is 4.39 Å². The van der Waals surface area contributed by atoms with Gasteiger partial charge in [-0.15, -0.1) is 0 Å². The van der Waals surface area contributed by atoms with Gasteiger partial charge in [0.1, 0.15) is 11.7 Å². The summed E-state index contributed by atoms with van der Waals surface area (Å²) in [6.07, 6.45) is 0. The molecule has 0 radical (unpaired) electrons. The third-order valence-electron chi connectivity index (χ3n) is 5.71. The van der Waals surface area contributed by atoms with E-state index in [0.717, 1.165) is 0 Å². The predicted octanol–water partition coefficient (Wildman–Crippen LogP) is 3.57. The van der Waals surface area contributed by atoms with E-state index in [9.17, 15) is 18.8 Å². The average Bonchev–Trinajstić information content (AvgIpc) is 3.70. The van der Waals surface area contributed by atoms with Crippen molar-refractivity contribution >= 4 is 29.1 Å². The van der Waals surface area contributed by atoms with Crippen LogP contribution in [0, 0.1) is 17.2 Å². The van der Waals surface area contributed by atoms with E-state index in [0.29, 0.717) is 33.4 Å². The Labute approximate surface area is 184 Å². The van der Waals surface area contributed by atoms with Crippen molar-refractivity contribution in [2.75, 3.05) is 20.8 Å². The van der Waals surface area contributed by atoms with E-state index < -0.39 is 35.1 Å². The number of rotatable bonds is 7. The van der Waals surface area contributed by atoms with Gasteiger partial charge in [0.05, 0.1) is 20.8 Å². The number of hydrogen-bond acceptors (Lipinski definition) is 6. The molecule has 1 unspecified atom stereocenters. The highest BCUT2D eigenvalue weighted by Gasteiger charge is 2.72. The average molecular weight is 436 g/mol. The first-order valence-corrected chi connectivity index (χ1v) is 10.1. The van der Waals surface area contributed by atoms with Gasteiger partial charge < -0.3 is 14.2 Å². The second-order valence-electron chi connectivity index (χ2n) is 7.37. The number of carbonyl (C=O) groups is 3. The van der Waals surface area contributed by atoms with Crippen LogP contribution >= 0.6 is 0 Å². The standard InChI is InChI=1S/C25H21FO6/c1-4-32-22(27)19-17(14-10-12-16(26)13-11-14)18(19)21-20(15-8-6-5-7-9-15)25(21,23(28)30-2)24(29)31-3/h5-13,19H,4H2,1-3H3. The quantitative estimate of drug-likeness (QED) is 0.375. The predicted molar refractivity (Wildman–Crippen MR) is 113 cm³/mol. The molecule has 6 nitrogen and oxygen atoms in total. The van der Waals surface area contributed by atoms with E-state index in [4.69, 9.17) is 14.2 Å². The smallest absolute Gasteiger partial charge is 0.332 e. The lowest BCUT2D eigenvalue weighted by Gasteiger charge is -2.15. The molecule has 164 valence electrons. The molecule has 2 aromatic carbocycles. The zero-order valence-electron chi connectivity index (χ0n) is 17.8. The lowest BCUT2D eigenvalue weighted by molar-refractivity contribution is -0.159. The molecule has 4 rings (SSSR count). The maximum absolute atomic E-state index is 13.5. The van der Waals surface area contributed by atoms with E-state index in [1.165, 1.54) is 26.4 Å². The van der Waals surface area contributed by atoms with Crippen molar-refractivity contribution in [3.8, 4) is 0 Å². The first kappa shape index (κ1) is 21.5. The highest BCUT2D eigenvalue weighted by atomic mass is 19.1. The number of carbonyl (C=O) groups excluding carboxylic acids is 3. The number of halogens is 1. The molecule has 0 heterocycles. The molecule has 0 N–H and O–H groups in total. The molecule has 0 saturated heterocycles. The van der Waals surface area contributed by atoms with Crippen LogP contribution in [0.25, 0.3) is 11.1 Å². The first-order valence-electron chi connectivity index (χ1n) is 10.1. The Hall–Kier alpha value is -3.74. The summed E-state index contributed by atoms with van der Waals surface area (Å²) in [7, 11) is 2.38. The van der Waals surface area contributed by atoms with Crippen LogP contribution in [0.1, 0.15) is 18.1 Å². The third kappa shape index (κ3) is 3.12. The summed E-state index contributed by atoms with van der Waals surface area (Å²) in [5, 5.41) is 0. The molecule has 1 atom stereocenters. The van der Waals surface area contributed by atoms with Crippen LogP contribution in [0.2, 0.25) is 0 Å². The number of ether oxygens (including phenoxy) is 3. The maximum atomic E-state index is 13.5. The maximum Gasteiger partial charge on any atom is 0.332 e. The Balaban J connectivity index is 1.91. The highest BCUT2D eigenvalue weighted by molar-refractivity contribution is 6.30. The summed E-state index contributed by atoms with van der Waals surface area (Å²) in [5.74, 6) is -3.28. The first-order chi connectivity index (χ1) is 15.4. The molecule has 0 fully saturated rings. The van der Waals surface area contributed by atoms with Crippen LogP contribution in [-0.4, -0.2) is 38.7 Å². The zero-order valence-corrected chi connectivity index (χ0v) is 17.8. The number of hydrogen-bond donors (Lipinski definition) is 0. The summed E-state index contributed by atoms with van der Waals surface area (Å²) >= 11 is 0. The molecular weight excluding hydrogens is 415 g/mol. The normalized spacial score (nSPS) is 18.2. The fourth-order valence-electron chi connectivity index (χ4n) is 4.30. The summed E-state index contributed by atoms with van der Waals surface area (Å²) in [6, 6.07) is 14.6. The van der Waals surface area contributed by atoms with Crippen molar-refractivity contribution in [3.63, 3.8) is 0 Å². The Morgan fingerprint density at radius 1 is 0.844 bits per heavy atom. The lowest BCUT2D eigenvalue weighted by atomic mass is 9.93. The Morgan fingerprint density at radius 3 is 1.97 bits per heavy atom. The highest BCUT2D eigenvalue weighted by Crippen LogP contribution is 2.70. The molecule has 0 bridgehead atoms. The molecule has 2 aromatic rings. The number of methoxy groups -OCH3 is 2. The summed E-state index contributed by atoms with van der Waals surface area (Å²) < 4.78 is 28.7. The third-order valence-corrected chi connectivity index (χ3v) is 5.71. The minimum Gasteiger partial charge on any atom is -0.468 e. The van der Waals surface area contributed by atoms with E-state index in [1.54, 1.807) is 43.3 Å². The fourth-order valence-corrected chi connectivity index (χ4v) is 4.30. The molecule has 2 aliphatic carbocycles. The Morgan fingerprint density at radius 2 is 1.44 bits per heavy atom. The largest absolute Gasteiger partial charge is 0.468 e. The van der Waals surface area contributed by atoms with Gasteiger partial charge in [0.2, 0.25) is 5.41 Å². The fraction of sp³-hybridized carbons (Fsp3) is 0.240. The van der Waals surface area contributed by atoms with E-state index >= 15 is 0 Å². The van der Waals surface area contributed by atoms with Gasteiger partial charge in [-0.1, -0.05) is 42.5 Å². The number of esters is 3. The number of benzene rings is 2. The Bertz CT molecular complexity index is 1140. The van der Waals surface area contributed by atoms with Crippen LogP contribution in [-0.2, 0) is 28.6 Å². The molecule has 0 amide bonds. The second kappa shape index (κ2) is 8.07. The van der Waals surface area contributed by atoms with Crippen molar-refractivity contribution < 1.29 is 33.0 Å². The molecular formula is C25H21FO6. The van der Waals surface area contributed by atoms with Gasteiger partial charge in [-0.05, 0) is 52.5 Å². The van der Waals surface area contributed by atoms with Crippen molar-refractivity contribution in [1.29, 1.82) is 0 Å². The molecule has 2 aliphatic rings. The minimum atomic E-state index is -1.77. The van der Waals surface area contributed by atoms with Gasteiger partial charge >= 0.3 is 17.9 Å². The van der Waals surface area contributed by atoms with Crippen molar-refractivity contribution in [2.45, 2.75) is 6.92 Å². The molecule has 0 saturated carbocycles. The van der Waals surface area contributed by atoms with E-state index in [2.05, 4.69) is 0 Å². The molecule has 0 spiro atoms. The van der Waals surface area contributed by atoms with Crippen LogP contribution in [0.5, 0.6) is 0 Å². The molecule has 32 heavy (non-hydrogen) atoms. The summed E-state index contributed by atoms with van der Waals surface area (Å²) in [5.41, 5.74) is 1.37. The van der Waals surface area contributed by atoms with Crippen molar-refractivity contribution in [1.82, 2.24) is 0 Å². The van der Waals surface area contributed by atoms with Gasteiger partial charge in [0, 0.05) is 0 Å². The summed E-state index contributed by atoms with van der Waals surface area (Å²) in [6.45, 7) is 1.86. The van der Waals surface area contributed by atoms with Crippen LogP contribution in [0.15, 0.2) is 65.7 Å².